The lowest BCUT2D eigenvalue weighted by molar-refractivity contribution is -0.0680. The Morgan fingerprint density at radius 1 is 1.31 bits per heavy atom. The number of rotatable bonds is 5. The van der Waals surface area contributed by atoms with Gasteiger partial charge in [0.1, 0.15) is 5.60 Å². The lowest BCUT2D eigenvalue weighted by Crippen LogP contribution is -2.47. The molecular weight excluding hydrogens is 330 g/mol. The number of aliphatic hydroxyl groups is 1. The van der Waals surface area contributed by atoms with Gasteiger partial charge in [0.05, 0.1) is 17.8 Å². The molecule has 1 aromatic carbocycles. The maximum Gasteiger partial charge on any atom is 0.255 e. The summed E-state index contributed by atoms with van der Waals surface area (Å²) in [6.45, 7) is 5.12. The molecule has 0 unspecified atom stereocenters. The highest BCUT2D eigenvalue weighted by atomic mass is 16.5. The maximum absolute atomic E-state index is 12.8. The van der Waals surface area contributed by atoms with Crippen LogP contribution in [0.25, 0.3) is 0 Å². The number of hydrogen-bond acceptors (Lipinski definition) is 4. The molecule has 26 heavy (non-hydrogen) atoms. The van der Waals surface area contributed by atoms with Crippen molar-refractivity contribution in [2.24, 2.45) is 13.0 Å². The van der Waals surface area contributed by atoms with Gasteiger partial charge >= 0.3 is 0 Å². The molecule has 1 amide bonds. The first kappa shape index (κ1) is 18.6. The largest absolute Gasteiger partial charge is 0.383 e. The average Bonchev–Trinajstić information content (AvgIpc) is 2.93. The Bertz CT molecular complexity index is 766. The fraction of sp³-hybridized carbons (Fsp3) is 0.500. The highest BCUT2D eigenvalue weighted by Gasteiger charge is 2.39. The number of carbonyl (C=O) groups excluding carboxylic acids is 1. The molecule has 1 fully saturated rings. The topological polar surface area (TPSA) is 76.4 Å². The molecule has 0 saturated carbocycles. The first-order valence-corrected chi connectivity index (χ1v) is 9.07. The third-order valence-electron chi connectivity index (χ3n) is 5.42. The number of hydrogen-bond donors (Lipinski definition) is 2. The van der Waals surface area contributed by atoms with Crippen LogP contribution in [0.3, 0.4) is 0 Å². The normalized spacial score (nSPS) is 17.7. The van der Waals surface area contributed by atoms with Crippen LogP contribution in [0.5, 0.6) is 0 Å². The highest BCUT2D eigenvalue weighted by molar-refractivity contribution is 5.96. The number of aryl methyl sites for hydroxylation is 2. The van der Waals surface area contributed by atoms with E-state index < -0.39 is 5.60 Å². The molecule has 0 radical (unpaired) electrons. The van der Waals surface area contributed by atoms with E-state index in [1.54, 1.807) is 4.68 Å². The molecule has 1 saturated heterocycles. The molecule has 3 rings (SSSR count). The molecule has 0 aliphatic carbocycles. The second kappa shape index (κ2) is 7.60. The third-order valence-corrected chi connectivity index (χ3v) is 5.42. The van der Waals surface area contributed by atoms with Crippen molar-refractivity contribution in [1.82, 2.24) is 15.1 Å². The summed E-state index contributed by atoms with van der Waals surface area (Å²) in [4.78, 5) is 12.8. The van der Waals surface area contributed by atoms with Crippen LogP contribution < -0.4 is 5.32 Å². The summed E-state index contributed by atoms with van der Waals surface area (Å²) < 4.78 is 7.15. The van der Waals surface area contributed by atoms with Gasteiger partial charge in [-0.05, 0) is 38.2 Å². The predicted octanol–water partition coefficient (Wildman–Crippen LogP) is 2.08. The zero-order valence-corrected chi connectivity index (χ0v) is 15.7. The first-order valence-electron chi connectivity index (χ1n) is 9.07. The van der Waals surface area contributed by atoms with Crippen LogP contribution in [0, 0.1) is 19.8 Å². The van der Waals surface area contributed by atoms with Crippen LogP contribution in [-0.4, -0.2) is 40.6 Å². The van der Waals surface area contributed by atoms with Crippen molar-refractivity contribution >= 4 is 5.91 Å². The molecule has 2 aromatic rings. The van der Waals surface area contributed by atoms with Gasteiger partial charge in [0.15, 0.2) is 0 Å². The van der Waals surface area contributed by atoms with Gasteiger partial charge in [0.25, 0.3) is 5.91 Å². The number of ether oxygens (including phenoxy) is 1. The number of nitrogens with one attached hydrogen (secondary N) is 1. The van der Waals surface area contributed by atoms with Crippen molar-refractivity contribution in [3.05, 3.63) is 52.8 Å². The van der Waals surface area contributed by atoms with E-state index in [1.807, 2.05) is 51.2 Å². The molecular formula is C20H27N3O3. The second-order valence-electron chi connectivity index (χ2n) is 7.03. The Kier molecular flexibility index (Phi) is 5.44. The zero-order chi connectivity index (χ0) is 18.7. The summed E-state index contributed by atoms with van der Waals surface area (Å²) in [5, 5.41) is 18.8. The third kappa shape index (κ3) is 3.52. The molecule has 2 heterocycles. The first-order chi connectivity index (χ1) is 12.4. The van der Waals surface area contributed by atoms with Crippen molar-refractivity contribution in [2.45, 2.75) is 32.3 Å². The summed E-state index contributed by atoms with van der Waals surface area (Å²) in [6, 6.07) is 9.59. The zero-order valence-electron chi connectivity index (χ0n) is 15.7. The fourth-order valence-corrected chi connectivity index (χ4v) is 3.79. The molecule has 6 heteroatoms. The van der Waals surface area contributed by atoms with Gasteiger partial charge in [-0.1, -0.05) is 30.3 Å². The molecule has 0 spiro atoms. The summed E-state index contributed by atoms with van der Waals surface area (Å²) in [5.41, 5.74) is 1.79. The molecule has 0 bridgehead atoms. The summed E-state index contributed by atoms with van der Waals surface area (Å²) in [7, 11) is 1.82. The minimum atomic E-state index is -1.12. The Morgan fingerprint density at radius 2 is 1.96 bits per heavy atom. The van der Waals surface area contributed by atoms with Gasteiger partial charge in [0.2, 0.25) is 0 Å². The number of aromatic nitrogens is 2. The number of nitrogens with zero attached hydrogens (tertiary/aromatic N) is 2. The van der Waals surface area contributed by atoms with E-state index in [2.05, 4.69) is 10.4 Å². The summed E-state index contributed by atoms with van der Waals surface area (Å²) in [6.07, 6.45) is 1.54. The fourth-order valence-electron chi connectivity index (χ4n) is 3.79. The highest BCUT2D eigenvalue weighted by Crippen LogP contribution is 2.35. The maximum atomic E-state index is 12.8. The molecule has 2 N–H and O–H groups in total. The van der Waals surface area contributed by atoms with Gasteiger partial charge in [0, 0.05) is 26.0 Å². The van der Waals surface area contributed by atoms with Crippen LogP contribution in [-0.2, 0) is 17.4 Å². The molecule has 1 atom stereocenters. The van der Waals surface area contributed by atoms with E-state index in [9.17, 15) is 9.90 Å². The standard InChI is InChI=1S/C20H27N3O3/c1-14-18(15(2)23(3)22-14)19(24)21-13-20(25,16-7-5-4-6-8-16)17-9-11-26-12-10-17/h4-8,17,25H,9-13H2,1-3H3,(H,21,24)/t20-/m1/s1. The Labute approximate surface area is 154 Å². The van der Waals surface area contributed by atoms with Crippen molar-refractivity contribution < 1.29 is 14.6 Å². The van der Waals surface area contributed by atoms with Crippen LogP contribution in [0.1, 0.15) is 40.2 Å². The molecule has 1 aromatic heterocycles. The van der Waals surface area contributed by atoms with E-state index >= 15 is 0 Å². The monoisotopic (exact) mass is 357 g/mol. The van der Waals surface area contributed by atoms with E-state index in [0.717, 1.165) is 24.1 Å². The molecule has 1 aliphatic rings. The van der Waals surface area contributed by atoms with Gasteiger partial charge in [-0.25, -0.2) is 0 Å². The van der Waals surface area contributed by atoms with Crippen molar-refractivity contribution in [2.75, 3.05) is 19.8 Å². The minimum absolute atomic E-state index is 0.0371. The quantitative estimate of drug-likeness (QED) is 0.859. The summed E-state index contributed by atoms with van der Waals surface area (Å²) >= 11 is 0. The van der Waals surface area contributed by atoms with Crippen LogP contribution >= 0.6 is 0 Å². The Morgan fingerprint density at radius 3 is 2.54 bits per heavy atom. The SMILES string of the molecule is Cc1nn(C)c(C)c1C(=O)NC[C@@](O)(c1ccccc1)C1CCOCC1. The lowest BCUT2D eigenvalue weighted by atomic mass is 9.77. The molecule has 1 aliphatic heterocycles. The van der Waals surface area contributed by atoms with E-state index in [1.165, 1.54) is 0 Å². The van der Waals surface area contributed by atoms with Gasteiger partial charge in [-0.3, -0.25) is 9.48 Å². The number of amides is 1. The Balaban J connectivity index is 1.83. The van der Waals surface area contributed by atoms with Crippen LogP contribution in [0.2, 0.25) is 0 Å². The molecule has 140 valence electrons. The van der Waals surface area contributed by atoms with Crippen molar-refractivity contribution in [3.63, 3.8) is 0 Å². The van der Waals surface area contributed by atoms with Crippen LogP contribution in [0.15, 0.2) is 30.3 Å². The lowest BCUT2D eigenvalue weighted by Gasteiger charge is -2.39. The average molecular weight is 357 g/mol. The van der Waals surface area contributed by atoms with E-state index in [-0.39, 0.29) is 18.4 Å². The predicted molar refractivity (Wildman–Crippen MR) is 98.9 cm³/mol. The van der Waals surface area contributed by atoms with Gasteiger partial charge in [-0.15, -0.1) is 0 Å². The molecule has 6 nitrogen and oxygen atoms in total. The van der Waals surface area contributed by atoms with Crippen molar-refractivity contribution in [3.8, 4) is 0 Å². The summed E-state index contributed by atoms with van der Waals surface area (Å²) in [5.74, 6) is -0.162. The second-order valence-corrected chi connectivity index (χ2v) is 7.03. The smallest absolute Gasteiger partial charge is 0.255 e. The van der Waals surface area contributed by atoms with E-state index in [0.29, 0.717) is 24.5 Å². The van der Waals surface area contributed by atoms with E-state index in [4.69, 9.17) is 4.74 Å². The Hall–Kier alpha value is -2.18. The van der Waals surface area contributed by atoms with Crippen LogP contribution in [0.4, 0.5) is 0 Å². The van der Waals surface area contributed by atoms with Gasteiger partial charge in [-0.2, -0.15) is 5.10 Å². The minimum Gasteiger partial charge on any atom is -0.383 e. The number of benzene rings is 1. The van der Waals surface area contributed by atoms with Gasteiger partial charge < -0.3 is 15.2 Å². The van der Waals surface area contributed by atoms with Crippen molar-refractivity contribution in [1.29, 1.82) is 0 Å². The number of carbonyl (C=O) groups is 1.